The SMILES string of the molecule is IN([I-]N(I)[P+](c1ccccc1)(c1ccccc1)c1ccccc1)[P+](c1ccccc1)(c1ccccc1)c1ccccc1. The van der Waals surface area contributed by atoms with Crippen LogP contribution in [0.25, 0.3) is 0 Å². The van der Waals surface area contributed by atoms with E-state index in [2.05, 4.69) is 230 Å². The number of rotatable bonds is 10. The van der Waals surface area contributed by atoms with Gasteiger partial charge in [0.1, 0.15) is 0 Å². The average Bonchev–Trinajstić information content (AvgIpc) is 3.08. The van der Waals surface area contributed by atoms with E-state index in [9.17, 15) is 0 Å². The quantitative estimate of drug-likeness (QED) is 0.108. The van der Waals surface area contributed by atoms with Crippen LogP contribution in [0.5, 0.6) is 0 Å². The summed E-state index contributed by atoms with van der Waals surface area (Å²) in [5.74, 6) is 0. The number of hydrogen-bond acceptors (Lipinski definition) is 2. The van der Waals surface area contributed by atoms with E-state index in [1.165, 1.54) is 31.8 Å². The van der Waals surface area contributed by atoms with Gasteiger partial charge in [0.15, 0.2) is 0 Å². The van der Waals surface area contributed by atoms with Gasteiger partial charge < -0.3 is 0 Å². The number of halogens is 3. The second kappa shape index (κ2) is 14.6. The first-order valence-corrected chi connectivity index (χ1v) is 21.2. The van der Waals surface area contributed by atoms with E-state index in [-0.39, 0.29) is 0 Å². The minimum atomic E-state index is -2.20. The van der Waals surface area contributed by atoms with E-state index in [0.717, 1.165) is 0 Å². The number of nitrogens with zero attached hydrogens (tertiary/aromatic N) is 2. The fourth-order valence-electron chi connectivity index (χ4n) is 5.43. The summed E-state index contributed by atoms with van der Waals surface area (Å²) in [5.41, 5.74) is 0. The summed E-state index contributed by atoms with van der Waals surface area (Å²) in [6, 6.07) is 67.0. The first kappa shape index (κ1) is 31.3. The molecule has 0 saturated carbocycles. The van der Waals surface area contributed by atoms with Gasteiger partial charge in [0, 0.05) is 0 Å². The molecule has 0 unspecified atom stereocenters. The topological polar surface area (TPSA) is 6.48 Å². The van der Waals surface area contributed by atoms with Crippen molar-refractivity contribution in [2.75, 3.05) is 0 Å². The Morgan fingerprint density at radius 1 is 0.302 bits per heavy atom. The van der Waals surface area contributed by atoms with Gasteiger partial charge in [-0.3, -0.25) is 0 Å². The predicted molar refractivity (Wildman–Crippen MR) is 202 cm³/mol. The normalized spacial score (nSPS) is 12.1. The van der Waals surface area contributed by atoms with Crippen molar-refractivity contribution in [1.82, 2.24) is 2.19 Å². The zero-order chi connectivity index (χ0) is 29.5. The molecule has 7 heteroatoms. The first-order chi connectivity index (χ1) is 21.2. The molecular weight excluding hydrogens is 903 g/mol. The summed E-state index contributed by atoms with van der Waals surface area (Å²) in [5, 5.41) is 8.22. The molecule has 0 fully saturated rings. The summed E-state index contributed by atoms with van der Waals surface area (Å²) in [6.07, 6.45) is 0. The molecule has 0 aliphatic carbocycles. The van der Waals surface area contributed by atoms with Crippen molar-refractivity contribution in [3.05, 3.63) is 182 Å². The van der Waals surface area contributed by atoms with Crippen LogP contribution < -0.4 is 53.6 Å². The Bertz CT molecular complexity index is 1390. The number of benzene rings is 6. The third kappa shape index (κ3) is 6.11. The summed E-state index contributed by atoms with van der Waals surface area (Å²) in [6.45, 7) is 0. The molecule has 6 rings (SSSR count). The molecule has 6 aromatic carbocycles. The molecule has 2 nitrogen and oxygen atoms in total. The minimum absolute atomic E-state index is 0.696. The Balaban J connectivity index is 1.58. The standard InChI is InChI=1S/C36H30I3N2P2/c37-40(42(31-19-7-1-8-20-31,32-21-9-2-10-22-32)33-23-11-3-12-24-33)39-41(38)43(34-25-13-4-14-26-34,35-27-15-5-16-28-35)36-29-17-6-18-30-36/h1-30H/q+1. The summed E-state index contributed by atoms with van der Waals surface area (Å²) >= 11 is 4.67. The van der Waals surface area contributed by atoms with Gasteiger partial charge in [0.2, 0.25) is 0 Å². The fourth-order valence-corrected chi connectivity index (χ4v) is 30.4. The molecule has 214 valence electrons. The van der Waals surface area contributed by atoms with Gasteiger partial charge in [-0.1, -0.05) is 0 Å². The Hall–Kier alpha value is -1.71. The zero-order valence-electron chi connectivity index (χ0n) is 23.2. The van der Waals surface area contributed by atoms with Crippen molar-refractivity contribution in [3.63, 3.8) is 0 Å². The van der Waals surface area contributed by atoms with Crippen molar-refractivity contribution in [1.29, 1.82) is 0 Å². The maximum atomic E-state index is 2.72. The third-order valence-corrected chi connectivity index (χ3v) is 26.1. The van der Waals surface area contributed by atoms with Gasteiger partial charge >= 0.3 is 298 Å². The molecule has 43 heavy (non-hydrogen) atoms. The van der Waals surface area contributed by atoms with E-state index in [1.54, 1.807) is 0 Å². The second-order valence-electron chi connectivity index (χ2n) is 9.79. The van der Waals surface area contributed by atoms with Crippen molar-refractivity contribution in [3.8, 4) is 0 Å². The van der Waals surface area contributed by atoms with Crippen LogP contribution in [0.1, 0.15) is 0 Å². The molecule has 0 aromatic heterocycles. The molecule has 0 spiro atoms. The molecule has 0 heterocycles. The molecule has 6 aromatic rings. The fraction of sp³-hybridized carbons (Fsp3) is 0. The van der Waals surface area contributed by atoms with Crippen LogP contribution in [0.2, 0.25) is 0 Å². The molecular formula is C36H30I3N2P2+. The molecule has 0 aliphatic heterocycles. The Labute approximate surface area is 295 Å². The van der Waals surface area contributed by atoms with Crippen LogP contribution in [0.3, 0.4) is 0 Å². The van der Waals surface area contributed by atoms with Crippen molar-refractivity contribution in [2.24, 2.45) is 0 Å². The molecule has 0 radical (unpaired) electrons. The first-order valence-electron chi connectivity index (χ1n) is 13.9. The van der Waals surface area contributed by atoms with E-state index < -0.39 is 36.6 Å². The maximum absolute atomic E-state index is 2.72. The van der Waals surface area contributed by atoms with Gasteiger partial charge in [0.25, 0.3) is 0 Å². The summed E-state index contributed by atoms with van der Waals surface area (Å²) in [7, 11) is -4.40. The molecule has 0 amide bonds. The van der Waals surface area contributed by atoms with Gasteiger partial charge in [-0.2, -0.15) is 0 Å². The van der Waals surface area contributed by atoms with Gasteiger partial charge in [0.05, 0.1) is 0 Å². The Morgan fingerprint density at radius 3 is 0.628 bits per heavy atom. The molecule has 0 aliphatic rings. The van der Waals surface area contributed by atoms with Crippen molar-refractivity contribution in [2.45, 2.75) is 0 Å². The van der Waals surface area contributed by atoms with Gasteiger partial charge in [-0.15, -0.1) is 0 Å². The molecule has 0 N–H and O–H groups in total. The molecule has 0 saturated heterocycles. The zero-order valence-corrected chi connectivity index (χ0v) is 31.5. The summed E-state index contributed by atoms with van der Waals surface area (Å²) in [4.78, 5) is 0. The van der Waals surface area contributed by atoms with Gasteiger partial charge in [-0.05, 0) is 0 Å². The van der Waals surface area contributed by atoms with Crippen molar-refractivity contribution >= 4 is 92.4 Å². The Kier molecular flexibility index (Phi) is 10.6. The molecule has 0 bridgehead atoms. The van der Waals surface area contributed by atoms with E-state index >= 15 is 0 Å². The van der Waals surface area contributed by atoms with Crippen LogP contribution in [0, 0.1) is 0 Å². The average molecular weight is 933 g/mol. The third-order valence-electron chi connectivity index (χ3n) is 7.36. The Morgan fingerprint density at radius 2 is 0.465 bits per heavy atom. The summed E-state index contributed by atoms with van der Waals surface area (Å²) < 4.78 is 5.44. The van der Waals surface area contributed by atoms with Crippen LogP contribution in [-0.2, 0) is 0 Å². The van der Waals surface area contributed by atoms with Crippen LogP contribution >= 0.6 is 60.6 Å². The predicted octanol–water partition coefficient (Wildman–Crippen LogP) is 5.03. The van der Waals surface area contributed by atoms with Crippen molar-refractivity contribution < 1.29 is 21.8 Å². The van der Waals surface area contributed by atoms with E-state index in [4.69, 9.17) is 0 Å². The van der Waals surface area contributed by atoms with E-state index in [0.29, 0.717) is 0 Å². The molecule has 0 atom stereocenters. The number of hydrogen-bond donors (Lipinski definition) is 0. The van der Waals surface area contributed by atoms with Gasteiger partial charge in [-0.25, -0.2) is 0 Å². The van der Waals surface area contributed by atoms with Crippen LogP contribution in [0.4, 0.5) is 0 Å². The van der Waals surface area contributed by atoms with Crippen LogP contribution in [0.15, 0.2) is 182 Å². The van der Waals surface area contributed by atoms with E-state index in [1.807, 2.05) is 0 Å². The van der Waals surface area contributed by atoms with Crippen LogP contribution in [-0.4, -0.2) is 2.19 Å². The second-order valence-corrected chi connectivity index (χ2v) is 27.3. The monoisotopic (exact) mass is 933 g/mol.